The molecule has 0 aromatic heterocycles. The van der Waals surface area contributed by atoms with Gasteiger partial charge in [-0.15, -0.1) is 0 Å². The van der Waals surface area contributed by atoms with Crippen molar-refractivity contribution in [3.05, 3.63) is 35.6 Å². The summed E-state index contributed by atoms with van der Waals surface area (Å²) in [5, 5.41) is 19.6. The molecule has 30 heavy (non-hydrogen) atoms. The van der Waals surface area contributed by atoms with Crippen LogP contribution in [0.1, 0.15) is 26.7 Å². The number of carboxylic acid groups (broad SMARTS) is 1. The number of hydrogen-bond donors (Lipinski definition) is 2. The second-order valence-corrected chi connectivity index (χ2v) is 7.91. The number of aliphatic carboxylic acids is 1. The van der Waals surface area contributed by atoms with E-state index in [9.17, 15) is 24.6 Å². The first-order valence-corrected chi connectivity index (χ1v) is 9.94. The number of amides is 2. The van der Waals surface area contributed by atoms with Gasteiger partial charge in [0.15, 0.2) is 0 Å². The Balaban J connectivity index is 1.87. The molecule has 0 aliphatic carbocycles. The molecule has 3 aliphatic heterocycles. The summed E-state index contributed by atoms with van der Waals surface area (Å²) >= 11 is 0. The molecule has 0 saturated carbocycles. The highest BCUT2D eigenvalue weighted by atomic mass is 16.6. The SMILES string of the molecule is C=CCOC(=O)N1C[C@H](OC)C[C@H]1C=C(C)C1=C(C(=O)O)N2C(=O)[C@H]([C@@H](C)O)[C@H]2C1. The molecule has 3 rings (SSSR count). The monoisotopic (exact) mass is 420 g/mol. The van der Waals surface area contributed by atoms with Crippen LogP contribution < -0.4 is 0 Å². The lowest BCUT2D eigenvalue weighted by molar-refractivity contribution is -0.161. The van der Waals surface area contributed by atoms with Crippen LogP contribution in [0.2, 0.25) is 0 Å². The van der Waals surface area contributed by atoms with E-state index in [2.05, 4.69) is 6.58 Å². The number of hydrogen-bond acceptors (Lipinski definition) is 6. The van der Waals surface area contributed by atoms with E-state index in [1.807, 2.05) is 6.08 Å². The summed E-state index contributed by atoms with van der Waals surface area (Å²) < 4.78 is 10.6. The van der Waals surface area contributed by atoms with Crippen molar-refractivity contribution < 1.29 is 34.1 Å². The molecule has 3 aliphatic rings. The third-order valence-electron chi connectivity index (χ3n) is 6.05. The van der Waals surface area contributed by atoms with Crippen LogP contribution in [0.25, 0.3) is 0 Å². The summed E-state index contributed by atoms with van der Waals surface area (Å²) in [5.41, 5.74) is 1.18. The fraction of sp³-hybridized carbons (Fsp3) is 0.571. The minimum absolute atomic E-state index is 0.0438. The number of fused-ring (bicyclic) bond motifs is 1. The molecule has 2 fully saturated rings. The zero-order chi connectivity index (χ0) is 22.2. The van der Waals surface area contributed by atoms with Gasteiger partial charge in [-0.3, -0.25) is 9.69 Å². The van der Waals surface area contributed by atoms with Crippen LogP contribution in [0.3, 0.4) is 0 Å². The number of allylic oxidation sites excluding steroid dienone is 1. The number of carboxylic acids is 1. The Hall–Kier alpha value is -2.65. The maximum absolute atomic E-state index is 12.4. The second-order valence-electron chi connectivity index (χ2n) is 7.91. The fourth-order valence-corrected chi connectivity index (χ4v) is 4.59. The van der Waals surface area contributed by atoms with Gasteiger partial charge in [-0.05, 0) is 37.8 Å². The van der Waals surface area contributed by atoms with Crippen molar-refractivity contribution in [2.45, 2.75) is 51.0 Å². The maximum Gasteiger partial charge on any atom is 0.410 e. The number of aliphatic hydroxyl groups is 1. The molecule has 0 bridgehead atoms. The van der Waals surface area contributed by atoms with Gasteiger partial charge in [0.1, 0.15) is 12.3 Å². The van der Waals surface area contributed by atoms with Crippen LogP contribution in [0.5, 0.6) is 0 Å². The van der Waals surface area contributed by atoms with Gasteiger partial charge in [0.25, 0.3) is 0 Å². The second kappa shape index (κ2) is 8.61. The number of nitrogens with zero attached hydrogens (tertiary/aromatic N) is 2. The van der Waals surface area contributed by atoms with Crippen molar-refractivity contribution in [3.63, 3.8) is 0 Å². The standard InChI is InChI=1S/C21H28N2O7/c1-5-6-30-21(28)22-10-14(29-4)8-13(22)7-11(2)15-9-16-17(12(3)24)19(25)23(16)18(15)20(26)27/h5,7,12-14,16-17,24H,1,6,8-10H2,2-4H3,(H,26,27)/t12-,13-,14-,16-,17-/m1/s1. The largest absolute Gasteiger partial charge is 0.477 e. The van der Waals surface area contributed by atoms with E-state index in [-0.39, 0.29) is 36.4 Å². The van der Waals surface area contributed by atoms with Crippen LogP contribution in [-0.2, 0) is 19.1 Å². The van der Waals surface area contributed by atoms with Crippen molar-refractivity contribution in [2.24, 2.45) is 5.92 Å². The molecule has 9 nitrogen and oxygen atoms in total. The molecule has 5 atom stereocenters. The molecule has 2 saturated heterocycles. The molecule has 0 radical (unpaired) electrons. The number of aliphatic hydroxyl groups excluding tert-OH is 1. The number of β-lactam (4-membered cyclic amide) rings is 1. The van der Waals surface area contributed by atoms with Gasteiger partial charge in [-0.2, -0.15) is 0 Å². The van der Waals surface area contributed by atoms with Crippen molar-refractivity contribution in [1.82, 2.24) is 9.80 Å². The van der Waals surface area contributed by atoms with E-state index in [0.29, 0.717) is 30.5 Å². The third kappa shape index (κ3) is 3.75. The maximum atomic E-state index is 12.4. The lowest BCUT2D eigenvalue weighted by Gasteiger charge is -2.44. The van der Waals surface area contributed by atoms with Gasteiger partial charge < -0.3 is 24.6 Å². The van der Waals surface area contributed by atoms with Crippen LogP contribution in [0, 0.1) is 5.92 Å². The van der Waals surface area contributed by atoms with Gasteiger partial charge >= 0.3 is 12.1 Å². The molecule has 9 heteroatoms. The van der Waals surface area contributed by atoms with E-state index in [1.54, 1.807) is 18.9 Å². The quantitative estimate of drug-likeness (QED) is 0.471. The predicted molar refractivity (Wildman–Crippen MR) is 106 cm³/mol. The molecule has 2 N–H and O–H groups in total. The number of rotatable bonds is 7. The predicted octanol–water partition coefficient (Wildman–Crippen LogP) is 1.29. The van der Waals surface area contributed by atoms with Crippen molar-refractivity contribution in [2.75, 3.05) is 20.3 Å². The highest BCUT2D eigenvalue weighted by Gasteiger charge is 2.56. The summed E-state index contributed by atoms with van der Waals surface area (Å²) in [7, 11) is 1.58. The van der Waals surface area contributed by atoms with Crippen molar-refractivity contribution in [3.8, 4) is 0 Å². The topological polar surface area (TPSA) is 117 Å². The lowest BCUT2D eigenvalue weighted by atomic mass is 9.82. The highest BCUT2D eigenvalue weighted by molar-refractivity contribution is 6.00. The van der Waals surface area contributed by atoms with Gasteiger partial charge in [0.2, 0.25) is 5.91 Å². The van der Waals surface area contributed by atoms with Crippen LogP contribution in [0.4, 0.5) is 4.79 Å². The molecule has 0 aromatic carbocycles. The Morgan fingerprint density at radius 3 is 2.67 bits per heavy atom. The Bertz CT molecular complexity index is 816. The Kier molecular flexibility index (Phi) is 6.33. The number of carbonyl (C=O) groups is 3. The average Bonchev–Trinajstić information content (AvgIpc) is 3.24. The average molecular weight is 420 g/mol. The van der Waals surface area contributed by atoms with E-state index >= 15 is 0 Å². The summed E-state index contributed by atoms with van der Waals surface area (Å²) in [5.74, 6) is -2.15. The molecular weight excluding hydrogens is 392 g/mol. The fourth-order valence-electron chi connectivity index (χ4n) is 4.59. The first-order chi connectivity index (χ1) is 14.2. The number of carbonyl (C=O) groups excluding carboxylic acids is 2. The zero-order valence-electron chi connectivity index (χ0n) is 17.4. The number of likely N-dealkylation sites (tertiary alicyclic amines) is 1. The van der Waals surface area contributed by atoms with Crippen LogP contribution >= 0.6 is 0 Å². The Morgan fingerprint density at radius 2 is 2.10 bits per heavy atom. The lowest BCUT2D eigenvalue weighted by Crippen LogP contribution is -2.61. The minimum Gasteiger partial charge on any atom is -0.477 e. The van der Waals surface area contributed by atoms with Gasteiger partial charge in [0.05, 0.1) is 36.8 Å². The third-order valence-corrected chi connectivity index (χ3v) is 6.05. The van der Waals surface area contributed by atoms with Crippen LogP contribution in [-0.4, -0.2) is 82.5 Å². The summed E-state index contributed by atoms with van der Waals surface area (Å²) in [6.07, 6.45) is 2.73. The molecule has 0 unspecified atom stereocenters. The first kappa shape index (κ1) is 22.0. The Morgan fingerprint density at radius 1 is 1.40 bits per heavy atom. The first-order valence-electron chi connectivity index (χ1n) is 9.94. The zero-order valence-corrected chi connectivity index (χ0v) is 17.4. The number of ether oxygens (including phenoxy) is 2. The summed E-state index contributed by atoms with van der Waals surface area (Å²) in [4.78, 5) is 39.5. The molecule has 0 spiro atoms. The highest BCUT2D eigenvalue weighted by Crippen LogP contribution is 2.45. The molecule has 0 aromatic rings. The van der Waals surface area contributed by atoms with E-state index in [0.717, 1.165) is 0 Å². The van der Waals surface area contributed by atoms with E-state index in [1.165, 1.54) is 17.9 Å². The van der Waals surface area contributed by atoms with Gasteiger partial charge in [-0.25, -0.2) is 9.59 Å². The summed E-state index contributed by atoms with van der Waals surface area (Å²) in [6, 6.07) is -0.683. The Labute approximate surface area is 175 Å². The van der Waals surface area contributed by atoms with Crippen molar-refractivity contribution in [1.29, 1.82) is 0 Å². The van der Waals surface area contributed by atoms with Gasteiger partial charge in [-0.1, -0.05) is 18.7 Å². The minimum atomic E-state index is -1.18. The molecular formula is C21H28N2O7. The molecule has 164 valence electrons. The normalized spacial score (nSPS) is 29.6. The van der Waals surface area contributed by atoms with E-state index < -0.39 is 24.1 Å². The molecule has 2 amide bonds. The van der Waals surface area contributed by atoms with Crippen molar-refractivity contribution >= 4 is 18.0 Å². The van der Waals surface area contributed by atoms with Crippen LogP contribution in [0.15, 0.2) is 35.6 Å². The molecule has 3 heterocycles. The number of methoxy groups -OCH3 is 1. The van der Waals surface area contributed by atoms with E-state index in [4.69, 9.17) is 9.47 Å². The van der Waals surface area contributed by atoms with Gasteiger partial charge in [0, 0.05) is 7.11 Å². The summed E-state index contributed by atoms with van der Waals surface area (Å²) in [6.45, 7) is 7.31. The smallest absolute Gasteiger partial charge is 0.410 e.